The van der Waals surface area contributed by atoms with Crippen molar-refractivity contribution in [2.75, 3.05) is 29.5 Å². The lowest BCUT2D eigenvalue weighted by Gasteiger charge is -2.32. The van der Waals surface area contributed by atoms with Crippen LogP contribution < -0.4 is 16.4 Å². The lowest BCUT2D eigenvalue weighted by Crippen LogP contribution is -2.37. The van der Waals surface area contributed by atoms with Gasteiger partial charge < -0.3 is 21.5 Å². The second kappa shape index (κ2) is 6.31. The molecule has 2 aromatic heterocycles. The van der Waals surface area contributed by atoms with E-state index < -0.39 is 5.97 Å². The average Bonchev–Trinajstić information content (AvgIpc) is 2.55. The van der Waals surface area contributed by atoms with E-state index in [9.17, 15) is 4.79 Å². The van der Waals surface area contributed by atoms with Gasteiger partial charge in [-0.2, -0.15) is 4.98 Å². The summed E-state index contributed by atoms with van der Waals surface area (Å²) in [6.45, 7) is 3.10. The SMILES string of the molecule is Cc1nc(N)nc(N2CCC(C(=O)O)CC2)c1-c1ccc(N)nc1. The van der Waals surface area contributed by atoms with Gasteiger partial charge in [-0.05, 0) is 31.9 Å². The van der Waals surface area contributed by atoms with E-state index in [0.717, 1.165) is 22.6 Å². The topological polar surface area (TPSA) is 131 Å². The fourth-order valence-corrected chi connectivity index (χ4v) is 3.04. The van der Waals surface area contributed by atoms with Gasteiger partial charge in [0.05, 0.1) is 11.6 Å². The van der Waals surface area contributed by atoms with E-state index in [1.54, 1.807) is 12.3 Å². The Balaban J connectivity index is 1.98. The van der Waals surface area contributed by atoms with Crippen molar-refractivity contribution in [2.24, 2.45) is 5.92 Å². The van der Waals surface area contributed by atoms with Crippen LogP contribution in [0.25, 0.3) is 11.1 Å². The molecule has 2 aromatic rings. The fourth-order valence-electron chi connectivity index (χ4n) is 3.04. The Hall–Kier alpha value is -2.90. The van der Waals surface area contributed by atoms with Crippen LogP contribution in [0.3, 0.4) is 0 Å². The molecule has 126 valence electrons. The fraction of sp³-hybridized carbons (Fsp3) is 0.375. The van der Waals surface area contributed by atoms with E-state index in [-0.39, 0.29) is 11.9 Å². The molecule has 1 aliphatic heterocycles. The number of nitrogens with zero attached hydrogens (tertiary/aromatic N) is 4. The number of hydrogen-bond acceptors (Lipinski definition) is 7. The number of carboxylic acids is 1. The standard InChI is InChI=1S/C16H20N6O2/c1-9-13(11-2-3-12(17)19-8-11)14(21-16(18)20-9)22-6-4-10(5-7-22)15(23)24/h2-3,8,10H,4-7H2,1H3,(H2,17,19)(H,23,24)(H2,18,20,21). The third-order valence-electron chi connectivity index (χ3n) is 4.31. The van der Waals surface area contributed by atoms with Gasteiger partial charge in [0.1, 0.15) is 11.6 Å². The van der Waals surface area contributed by atoms with Gasteiger partial charge >= 0.3 is 5.97 Å². The minimum atomic E-state index is -0.740. The van der Waals surface area contributed by atoms with E-state index in [1.807, 2.05) is 13.0 Å². The Morgan fingerprint density at radius 3 is 2.54 bits per heavy atom. The molecule has 8 nitrogen and oxygen atoms in total. The van der Waals surface area contributed by atoms with Gasteiger partial charge in [0.15, 0.2) is 0 Å². The first-order valence-electron chi connectivity index (χ1n) is 7.79. The van der Waals surface area contributed by atoms with E-state index in [0.29, 0.717) is 31.7 Å². The molecule has 24 heavy (non-hydrogen) atoms. The Labute approximate surface area is 139 Å². The van der Waals surface area contributed by atoms with Crippen LogP contribution >= 0.6 is 0 Å². The minimum absolute atomic E-state index is 0.204. The number of hydrogen-bond donors (Lipinski definition) is 3. The van der Waals surface area contributed by atoms with Crippen molar-refractivity contribution in [3.05, 3.63) is 24.0 Å². The van der Waals surface area contributed by atoms with Gasteiger partial charge in [0.2, 0.25) is 5.95 Å². The van der Waals surface area contributed by atoms with Crippen molar-refractivity contribution in [2.45, 2.75) is 19.8 Å². The Kier molecular flexibility index (Phi) is 4.20. The number of carboxylic acid groups (broad SMARTS) is 1. The van der Waals surface area contributed by atoms with Crippen LogP contribution in [0.4, 0.5) is 17.6 Å². The largest absolute Gasteiger partial charge is 0.481 e. The minimum Gasteiger partial charge on any atom is -0.481 e. The summed E-state index contributed by atoms with van der Waals surface area (Å²) < 4.78 is 0. The highest BCUT2D eigenvalue weighted by molar-refractivity contribution is 5.79. The molecule has 0 saturated carbocycles. The molecule has 0 bridgehead atoms. The molecule has 8 heteroatoms. The first-order valence-corrected chi connectivity index (χ1v) is 7.79. The van der Waals surface area contributed by atoms with Crippen LogP contribution in [-0.4, -0.2) is 39.1 Å². The van der Waals surface area contributed by atoms with Gasteiger partial charge in [-0.3, -0.25) is 4.79 Å². The van der Waals surface area contributed by atoms with Gasteiger partial charge in [0, 0.05) is 30.4 Å². The second-order valence-corrected chi connectivity index (χ2v) is 5.94. The molecular formula is C16H20N6O2. The molecule has 0 spiro atoms. The second-order valence-electron chi connectivity index (χ2n) is 5.94. The maximum atomic E-state index is 11.1. The van der Waals surface area contributed by atoms with Crippen molar-refractivity contribution in [1.82, 2.24) is 15.0 Å². The highest BCUT2D eigenvalue weighted by Gasteiger charge is 2.27. The smallest absolute Gasteiger partial charge is 0.306 e. The number of aliphatic carboxylic acids is 1. The van der Waals surface area contributed by atoms with E-state index in [4.69, 9.17) is 16.6 Å². The van der Waals surface area contributed by atoms with Crippen molar-refractivity contribution >= 4 is 23.6 Å². The molecule has 5 N–H and O–H groups in total. The monoisotopic (exact) mass is 328 g/mol. The zero-order chi connectivity index (χ0) is 17.3. The highest BCUT2D eigenvalue weighted by atomic mass is 16.4. The molecule has 0 aliphatic carbocycles. The maximum Gasteiger partial charge on any atom is 0.306 e. The summed E-state index contributed by atoms with van der Waals surface area (Å²) in [6, 6.07) is 3.60. The quantitative estimate of drug-likeness (QED) is 0.768. The number of nitrogen functional groups attached to an aromatic ring is 2. The van der Waals surface area contributed by atoms with Gasteiger partial charge in [-0.1, -0.05) is 0 Å². The Bertz CT molecular complexity index is 754. The van der Waals surface area contributed by atoms with Crippen LogP contribution in [0.5, 0.6) is 0 Å². The van der Waals surface area contributed by atoms with Crippen molar-refractivity contribution in [3.8, 4) is 11.1 Å². The molecule has 0 aromatic carbocycles. The number of nitrogens with two attached hydrogens (primary N) is 2. The third kappa shape index (κ3) is 3.08. The van der Waals surface area contributed by atoms with Gasteiger partial charge in [0.25, 0.3) is 0 Å². The normalized spacial score (nSPS) is 15.5. The van der Waals surface area contributed by atoms with Crippen LogP contribution in [0, 0.1) is 12.8 Å². The van der Waals surface area contributed by atoms with Crippen molar-refractivity contribution in [3.63, 3.8) is 0 Å². The number of piperidine rings is 1. The number of pyridine rings is 1. The molecule has 0 amide bonds. The number of aromatic nitrogens is 3. The molecule has 0 unspecified atom stereocenters. The van der Waals surface area contributed by atoms with E-state index in [2.05, 4.69) is 19.9 Å². The molecular weight excluding hydrogens is 308 g/mol. The lowest BCUT2D eigenvalue weighted by atomic mass is 9.96. The first kappa shape index (κ1) is 16.0. The average molecular weight is 328 g/mol. The van der Waals surface area contributed by atoms with Crippen molar-refractivity contribution < 1.29 is 9.90 Å². The zero-order valence-corrected chi connectivity index (χ0v) is 13.4. The molecule has 1 aliphatic rings. The van der Waals surface area contributed by atoms with Crippen LogP contribution in [0.2, 0.25) is 0 Å². The summed E-state index contributed by atoms with van der Waals surface area (Å²) in [7, 11) is 0. The number of carbonyl (C=O) groups is 1. The summed E-state index contributed by atoms with van der Waals surface area (Å²) in [6.07, 6.45) is 2.85. The molecule has 0 atom stereocenters. The summed E-state index contributed by atoms with van der Waals surface area (Å²) in [5.74, 6) is 0.321. The maximum absolute atomic E-state index is 11.1. The summed E-state index contributed by atoms with van der Waals surface area (Å²) in [5, 5.41) is 9.16. The number of rotatable bonds is 3. The third-order valence-corrected chi connectivity index (χ3v) is 4.31. The van der Waals surface area contributed by atoms with Gasteiger partial charge in [-0.15, -0.1) is 0 Å². The summed E-state index contributed by atoms with van der Waals surface area (Å²) in [4.78, 5) is 26.0. The Morgan fingerprint density at radius 1 is 1.25 bits per heavy atom. The van der Waals surface area contributed by atoms with Crippen molar-refractivity contribution in [1.29, 1.82) is 0 Å². The lowest BCUT2D eigenvalue weighted by molar-refractivity contribution is -0.142. The summed E-state index contributed by atoms with van der Waals surface area (Å²) >= 11 is 0. The predicted octanol–water partition coefficient (Wildman–Crippen LogP) is 1.31. The number of aryl methyl sites for hydroxylation is 1. The summed E-state index contributed by atoms with van der Waals surface area (Å²) in [5.41, 5.74) is 14.0. The predicted molar refractivity (Wildman–Crippen MR) is 91.4 cm³/mol. The zero-order valence-electron chi connectivity index (χ0n) is 13.4. The molecule has 1 saturated heterocycles. The highest BCUT2D eigenvalue weighted by Crippen LogP contribution is 2.34. The van der Waals surface area contributed by atoms with Crippen LogP contribution in [-0.2, 0) is 4.79 Å². The molecule has 3 heterocycles. The molecule has 1 fully saturated rings. The van der Waals surface area contributed by atoms with Crippen LogP contribution in [0.15, 0.2) is 18.3 Å². The van der Waals surface area contributed by atoms with Crippen LogP contribution in [0.1, 0.15) is 18.5 Å². The first-order chi connectivity index (χ1) is 11.5. The molecule has 0 radical (unpaired) electrons. The Morgan fingerprint density at radius 2 is 1.96 bits per heavy atom. The molecule has 3 rings (SSSR count). The van der Waals surface area contributed by atoms with E-state index in [1.165, 1.54) is 0 Å². The number of anilines is 3. The van der Waals surface area contributed by atoms with Gasteiger partial charge in [-0.25, -0.2) is 9.97 Å². The van der Waals surface area contributed by atoms with E-state index >= 15 is 0 Å².